The highest BCUT2D eigenvalue weighted by atomic mass is 16.1. The lowest BCUT2D eigenvalue weighted by Gasteiger charge is -2.11. The molecular weight excluding hydrogens is 372 g/mol. The van der Waals surface area contributed by atoms with Crippen molar-refractivity contribution < 1.29 is 0 Å². The second-order valence-electron chi connectivity index (χ2n) is 7.20. The quantitative estimate of drug-likeness (QED) is 0.421. The maximum atomic E-state index is 13.4. The zero-order chi connectivity index (χ0) is 20.1. The van der Waals surface area contributed by atoms with E-state index >= 15 is 0 Å². The van der Waals surface area contributed by atoms with Crippen LogP contribution in [-0.4, -0.2) is 19.7 Å². The van der Waals surface area contributed by atoms with Gasteiger partial charge in [-0.2, -0.15) is 5.10 Å². The Labute approximate surface area is 171 Å². The number of hydrogen-bond donors (Lipinski definition) is 1. The number of rotatable bonds is 2. The van der Waals surface area contributed by atoms with Crippen molar-refractivity contribution in [1.29, 1.82) is 0 Å². The van der Waals surface area contributed by atoms with Gasteiger partial charge in [0.25, 0.3) is 5.56 Å². The number of fused-ring (bicyclic) bond motifs is 4. The van der Waals surface area contributed by atoms with E-state index in [4.69, 9.17) is 4.98 Å². The molecule has 6 rings (SSSR count). The number of nitrogens with one attached hydrogen (secondary N) is 1. The third-order valence-corrected chi connectivity index (χ3v) is 5.44. The molecule has 0 aliphatic heterocycles. The Bertz CT molecular complexity index is 1600. The molecule has 0 unspecified atom stereocenters. The maximum Gasteiger partial charge on any atom is 0.259 e. The third-order valence-electron chi connectivity index (χ3n) is 5.44. The summed E-state index contributed by atoms with van der Waals surface area (Å²) in [6.07, 6.45) is 1.77. The lowest BCUT2D eigenvalue weighted by molar-refractivity contribution is 0.895. The molecule has 0 spiro atoms. The molecule has 0 bridgehead atoms. The van der Waals surface area contributed by atoms with E-state index < -0.39 is 0 Å². The molecule has 5 heteroatoms. The zero-order valence-electron chi connectivity index (χ0n) is 15.9. The predicted molar refractivity (Wildman–Crippen MR) is 120 cm³/mol. The highest BCUT2D eigenvalue weighted by Crippen LogP contribution is 2.35. The van der Waals surface area contributed by atoms with Gasteiger partial charge in [0, 0.05) is 10.9 Å². The molecule has 3 aromatic heterocycles. The summed E-state index contributed by atoms with van der Waals surface area (Å²) in [5, 5.41) is 6.90. The van der Waals surface area contributed by atoms with Crippen LogP contribution in [0.4, 0.5) is 0 Å². The molecule has 3 heterocycles. The summed E-state index contributed by atoms with van der Waals surface area (Å²) in [6, 6.07) is 27.7. The summed E-state index contributed by atoms with van der Waals surface area (Å²) in [5.41, 5.74) is 4.74. The van der Waals surface area contributed by atoms with Gasteiger partial charge in [-0.3, -0.25) is 4.79 Å². The van der Waals surface area contributed by atoms with Gasteiger partial charge in [0.2, 0.25) is 0 Å². The van der Waals surface area contributed by atoms with Crippen LogP contribution in [0.15, 0.2) is 95.9 Å². The number of hydrogen-bond acceptors (Lipinski definition) is 3. The van der Waals surface area contributed by atoms with Gasteiger partial charge in [0.15, 0.2) is 0 Å². The Morgan fingerprint density at radius 3 is 2.27 bits per heavy atom. The van der Waals surface area contributed by atoms with Gasteiger partial charge in [-0.25, -0.2) is 9.67 Å². The first-order valence-corrected chi connectivity index (χ1v) is 9.74. The fourth-order valence-corrected chi connectivity index (χ4v) is 4.11. The third kappa shape index (κ3) is 2.39. The Morgan fingerprint density at radius 2 is 1.47 bits per heavy atom. The van der Waals surface area contributed by atoms with Gasteiger partial charge in [-0.1, -0.05) is 66.7 Å². The fourth-order valence-electron chi connectivity index (χ4n) is 4.11. The Kier molecular flexibility index (Phi) is 3.55. The van der Waals surface area contributed by atoms with Gasteiger partial charge in [-0.05, 0) is 23.8 Å². The first-order valence-electron chi connectivity index (χ1n) is 9.74. The van der Waals surface area contributed by atoms with Crippen molar-refractivity contribution in [3.63, 3.8) is 0 Å². The van der Waals surface area contributed by atoms with E-state index in [1.807, 2.05) is 84.9 Å². The van der Waals surface area contributed by atoms with E-state index in [-0.39, 0.29) is 5.56 Å². The highest BCUT2D eigenvalue weighted by Gasteiger charge is 2.18. The highest BCUT2D eigenvalue weighted by molar-refractivity contribution is 6.15. The van der Waals surface area contributed by atoms with Gasteiger partial charge in [-0.15, -0.1) is 0 Å². The number of H-pyrrole nitrogens is 1. The van der Waals surface area contributed by atoms with Crippen LogP contribution in [0.2, 0.25) is 0 Å². The number of para-hydroxylation sites is 2. The largest absolute Gasteiger partial charge is 0.306 e. The summed E-state index contributed by atoms with van der Waals surface area (Å²) in [5.74, 6) is 0. The second-order valence-corrected chi connectivity index (χ2v) is 7.20. The topological polar surface area (TPSA) is 63.6 Å². The molecule has 0 saturated heterocycles. The molecule has 1 N–H and O–H groups in total. The average Bonchev–Trinajstić information content (AvgIpc) is 3.23. The van der Waals surface area contributed by atoms with E-state index in [1.54, 1.807) is 10.9 Å². The SMILES string of the molecule is O=c1[nH]c2c(cnn2-c2ccccc2)c2nc3ccccc3c(-c3ccccc3)c12. The van der Waals surface area contributed by atoms with E-state index in [1.165, 1.54) is 0 Å². The molecule has 0 amide bonds. The van der Waals surface area contributed by atoms with Crippen LogP contribution in [0.1, 0.15) is 0 Å². The van der Waals surface area contributed by atoms with Crippen molar-refractivity contribution in [2.75, 3.05) is 0 Å². The molecular formula is C25H16N4O. The molecule has 6 aromatic rings. The first kappa shape index (κ1) is 16.7. The van der Waals surface area contributed by atoms with Gasteiger partial charge >= 0.3 is 0 Å². The van der Waals surface area contributed by atoms with Crippen LogP contribution in [0, 0.1) is 0 Å². The van der Waals surface area contributed by atoms with Crippen LogP contribution >= 0.6 is 0 Å². The standard InChI is InChI=1S/C25H16N4O/c30-25-22-21(16-9-3-1-4-10-16)18-13-7-8-14-20(18)27-23(22)19-15-26-29(24(19)28-25)17-11-5-2-6-12-17/h1-15H,(H,28,30). The van der Waals surface area contributed by atoms with E-state index in [0.717, 1.165) is 33.1 Å². The van der Waals surface area contributed by atoms with Crippen LogP contribution in [0.25, 0.3) is 49.7 Å². The minimum atomic E-state index is -0.174. The molecule has 0 atom stereocenters. The normalized spacial score (nSPS) is 11.5. The lowest BCUT2D eigenvalue weighted by Crippen LogP contribution is -2.11. The van der Waals surface area contributed by atoms with Crippen molar-refractivity contribution in [3.05, 3.63) is 101 Å². The second kappa shape index (κ2) is 6.39. The Balaban J connectivity index is 1.81. The summed E-state index contributed by atoms with van der Waals surface area (Å²) in [6.45, 7) is 0. The first-order chi connectivity index (χ1) is 14.8. The molecule has 3 aromatic carbocycles. The number of aromatic nitrogens is 4. The Hall–Kier alpha value is -4.25. The summed E-state index contributed by atoms with van der Waals surface area (Å²) in [4.78, 5) is 21.3. The predicted octanol–water partition coefficient (Wildman–Crippen LogP) is 5.08. The monoisotopic (exact) mass is 388 g/mol. The van der Waals surface area contributed by atoms with E-state index in [9.17, 15) is 4.79 Å². The lowest BCUT2D eigenvalue weighted by atomic mass is 9.96. The maximum absolute atomic E-state index is 13.4. The number of pyridine rings is 2. The van der Waals surface area contributed by atoms with Gasteiger partial charge in [0.05, 0.1) is 33.7 Å². The number of benzene rings is 3. The summed E-state index contributed by atoms with van der Waals surface area (Å²) < 4.78 is 1.75. The van der Waals surface area contributed by atoms with Crippen LogP contribution in [-0.2, 0) is 0 Å². The van der Waals surface area contributed by atoms with Crippen molar-refractivity contribution >= 4 is 32.8 Å². The van der Waals surface area contributed by atoms with Gasteiger partial charge < -0.3 is 4.98 Å². The molecule has 0 aliphatic rings. The van der Waals surface area contributed by atoms with Crippen LogP contribution in [0.3, 0.4) is 0 Å². The molecule has 0 radical (unpaired) electrons. The fraction of sp³-hybridized carbons (Fsp3) is 0. The molecule has 142 valence electrons. The zero-order valence-corrected chi connectivity index (χ0v) is 15.9. The Morgan fingerprint density at radius 1 is 0.767 bits per heavy atom. The molecule has 0 saturated carbocycles. The van der Waals surface area contributed by atoms with Crippen molar-refractivity contribution in [3.8, 4) is 16.8 Å². The summed E-state index contributed by atoms with van der Waals surface area (Å²) in [7, 11) is 0. The molecule has 30 heavy (non-hydrogen) atoms. The van der Waals surface area contributed by atoms with Crippen LogP contribution in [0.5, 0.6) is 0 Å². The average molecular weight is 388 g/mol. The van der Waals surface area contributed by atoms with Crippen molar-refractivity contribution in [2.24, 2.45) is 0 Å². The van der Waals surface area contributed by atoms with Gasteiger partial charge in [0.1, 0.15) is 5.65 Å². The van der Waals surface area contributed by atoms with Crippen molar-refractivity contribution in [2.45, 2.75) is 0 Å². The summed E-state index contributed by atoms with van der Waals surface area (Å²) >= 11 is 0. The molecule has 0 fully saturated rings. The minimum Gasteiger partial charge on any atom is -0.306 e. The van der Waals surface area contributed by atoms with E-state index in [0.29, 0.717) is 16.6 Å². The molecule has 5 nitrogen and oxygen atoms in total. The minimum absolute atomic E-state index is 0.174. The van der Waals surface area contributed by atoms with E-state index in [2.05, 4.69) is 10.1 Å². The van der Waals surface area contributed by atoms with Crippen LogP contribution < -0.4 is 5.56 Å². The number of aromatic amines is 1. The van der Waals surface area contributed by atoms with Crippen molar-refractivity contribution in [1.82, 2.24) is 19.7 Å². The molecule has 0 aliphatic carbocycles. The smallest absolute Gasteiger partial charge is 0.259 e. The number of nitrogens with zero attached hydrogens (tertiary/aromatic N) is 3.